The van der Waals surface area contributed by atoms with Gasteiger partial charge in [0.05, 0.1) is 19.6 Å². The lowest BCUT2D eigenvalue weighted by Gasteiger charge is -2.08. The van der Waals surface area contributed by atoms with Gasteiger partial charge in [-0.2, -0.15) is 0 Å². The van der Waals surface area contributed by atoms with Crippen LogP contribution in [0, 0.1) is 0 Å². The number of ether oxygens (including phenoxy) is 1. The molecule has 0 aliphatic heterocycles. The monoisotopic (exact) mass is 189 g/mol. The van der Waals surface area contributed by atoms with Crippen molar-refractivity contribution in [3.63, 3.8) is 0 Å². The minimum atomic E-state index is -0.711. The van der Waals surface area contributed by atoms with E-state index in [1.807, 2.05) is 0 Å². The zero-order valence-electron chi connectivity index (χ0n) is 7.58. The number of esters is 1. The zero-order chi connectivity index (χ0) is 10.3. The quantitative estimate of drug-likeness (QED) is 0.431. The predicted octanol–water partition coefficient (Wildman–Crippen LogP) is -2.05. The van der Waals surface area contributed by atoms with Gasteiger partial charge in [0, 0.05) is 13.1 Å². The van der Waals surface area contributed by atoms with E-state index in [-0.39, 0.29) is 31.4 Å². The molecule has 0 heterocycles. The van der Waals surface area contributed by atoms with E-state index in [1.165, 1.54) is 7.11 Å². The molecule has 0 saturated carbocycles. The average Bonchev–Trinajstić information content (AvgIpc) is 2.15. The summed E-state index contributed by atoms with van der Waals surface area (Å²) in [6.45, 7) is 0.309. The Morgan fingerprint density at radius 3 is 2.62 bits per heavy atom. The first kappa shape index (κ1) is 11.9. The third-order valence-electron chi connectivity index (χ3n) is 1.45. The molecule has 0 aromatic carbocycles. The van der Waals surface area contributed by atoms with Crippen molar-refractivity contribution in [3.8, 4) is 0 Å². The Morgan fingerprint density at radius 1 is 1.54 bits per heavy atom. The Kier molecular flexibility index (Phi) is 5.82. The van der Waals surface area contributed by atoms with Crippen LogP contribution in [0.5, 0.6) is 0 Å². The van der Waals surface area contributed by atoms with Crippen LogP contribution < -0.4 is 16.8 Å². The number of amides is 1. The number of nitrogens with one attached hydrogen (secondary N) is 1. The van der Waals surface area contributed by atoms with E-state index in [9.17, 15) is 9.59 Å². The van der Waals surface area contributed by atoms with Crippen LogP contribution >= 0.6 is 0 Å². The maximum atomic E-state index is 11.0. The normalized spacial score (nSPS) is 11.9. The largest absolute Gasteiger partial charge is 0.469 e. The van der Waals surface area contributed by atoms with Gasteiger partial charge in [0.25, 0.3) is 0 Å². The predicted molar refractivity (Wildman–Crippen MR) is 46.7 cm³/mol. The molecular formula is C7H15N3O3. The average molecular weight is 189 g/mol. The highest BCUT2D eigenvalue weighted by Gasteiger charge is 2.10. The molecular weight excluding hydrogens is 174 g/mol. The van der Waals surface area contributed by atoms with Crippen molar-refractivity contribution >= 4 is 11.9 Å². The first-order chi connectivity index (χ1) is 6.11. The summed E-state index contributed by atoms with van der Waals surface area (Å²) in [5.41, 5.74) is 10.5. The number of methoxy groups -OCH3 is 1. The van der Waals surface area contributed by atoms with Crippen molar-refractivity contribution in [3.05, 3.63) is 0 Å². The second-order valence-corrected chi connectivity index (χ2v) is 2.46. The number of carbonyl (C=O) groups is 2. The molecule has 13 heavy (non-hydrogen) atoms. The summed E-state index contributed by atoms with van der Waals surface area (Å²) in [6.07, 6.45) is 0.138. The Bertz CT molecular complexity index is 184. The van der Waals surface area contributed by atoms with Crippen LogP contribution in [0.4, 0.5) is 0 Å². The summed E-state index contributed by atoms with van der Waals surface area (Å²) in [4.78, 5) is 21.6. The maximum absolute atomic E-state index is 11.0. The number of carbonyl (C=O) groups excluding carboxylic acids is 2. The molecule has 0 bridgehead atoms. The lowest BCUT2D eigenvalue weighted by molar-refractivity contribution is -0.140. The minimum absolute atomic E-state index is 0.0874. The second-order valence-electron chi connectivity index (χ2n) is 2.46. The molecule has 1 atom stereocenters. The smallest absolute Gasteiger partial charge is 0.307 e. The number of hydrogen-bond acceptors (Lipinski definition) is 5. The molecule has 5 N–H and O–H groups in total. The molecule has 6 heteroatoms. The number of rotatable bonds is 5. The van der Waals surface area contributed by atoms with Crippen LogP contribution in [0.1, 0.15) is 6.42 Å². The van der Waals surface area contributed by atoms with Crippen molar-refractivity contribution in [2.24, 2.45) is 11.5 Å². The lowest BCUT2D eigenvalue weighted by Crippen LogP contribution is -2.45. The van der Waals surface area contributed by atoms with Crippen LogP contribution in [-0.4, -0.2) is 38.1 Å². The van der Waals surface area contributed by atoms with E-state index in [4.69, 9.17) is 11.5 Å². The molecule has 0 aromatic rings. The molecule has 6 nitrogen and oxygen atoms in total. The van der Waals surface area contributed by atoms with Gasteiger partial charge in [0.1, 0.15) is 0 Å². The summed E-state index contributed by atoms with van der Waals surface area (Å²) in [6, 6.07) is -0.711. The van der Waals surface area contributed by atoms with Crippen LogP contribution in [0.3, 0.4) is 0 Å². The second kappa shape index (κ2) is 6.38. The van der Waals surface area contributed by atoms with Gasteiger partial charge in [-0.25, -0.2) is 0 Å². The van der Waals surface area contributed by atoms with E-state index in [0.717, 1.165) is 0 Å². The van der Waals surface area contributed by atoms with E-state index >= 15 is 0 Å². The molecule has 76 valence electrons. The molecule has 0 aliphatic rings. The van der Waals surface area contributed by atoms with Crippen molar-refractivity contribution in [1.29, 1.82) is 0 Å². The minimum Gasteiger partial charge on any atom is -0.469 e. The Balaban J connectivity index is 3.53. The van der Waals surface area contributed by atoms with Crippen molar-refractivity contribution in [2.75, 3.05) is 20.2 Å². The van der Waals surface area contributed by atoms with Crippen LogP contribution in [0.2, 0.25) is 0 Å². The van der Waals surface area contributed by atoms with Crippen LogP contribution in [0.15, 0.2) is 0 Å². The third kappa shape index (κ3) is 5.15. The van der Waals surface area contributed by atoms with E-state index in [2.05, 4.69) is 10.1 Å². The van der Waals surface area contributed by atoms with Gasteiger partial charge in [0.15, 0.2) is 0 Å². The maximum Gasteiger partial charge on any atom is 0.307 e. The van der Waals surface area contributed by atoms with Crippen molar-refractivity contribution in [2.45, 2.75) is 12.5 Å². The van der Waals surface area contributed by atoms with E-state index in [0.29, 0.717) is 0 Å². The SMILES string of the molecule is COC(=O)CCNC(=O)[C@@H](N)CN. The fraction of sp³-hybridized carbons (Fsp3) is 0.714. The van der Waals surface area contributed by atoms with Crippen molar-refractivity contribution in [1.82, 2.24) is 5.32 Å². The first-order valence-corrected chi connectivity index (χ1v) is 3.92. The first-order valence-electron chi connectivity index (χ1n) is 3.92. The molecule has 0 aromatic heterocycles. The topological polar surface area (TPSA) is 107 Å². The summed E-state index contributed by atoms with van der Waals surface area (Å²) >= 11 is 0. The summed E-state index contributed by atoms with van der Waals surface area (Å²) in [5, 5.41) is 2.45. The van der Waals surface area contributed by atoms with Gasteiger partial charge in [0.2, 0.25) is 5.91 Å². The highest BCUT2D eigenvalue weighted by molar-refractivity contribution is 5.82. The van der Waals surface area contributed by atoms with Crippen molar-refractivity contribution < 1.29 is 14.3 Å². The number of hydrogen-bond donors (Lipinski definition) is 3. The van der Waals surface area contributed by atoms with Crippen LogP contribution in [0.25, 0.3) is 0 Å². The summed E-state index contributed by atoms with van der Waals surface area (Å²) in [5.74, 6) is -0.729. The Labute approximate surface area is 76.6 Å². The molecule has 0 rings (SSSR count). The van der Waals surface area contributed by atoms with Gasteiger partial charge in [-0.15, -0.1) is 0 Å². The Hall–Kier alpha value is -1.14. The molecule has 0 aliphatic carbocycles. The van der Waals surface area contributed by atoms with Gasteiger partial charge < -0.3 is 21.5 Å². The lowest BCUT2D eigenvalue weighted by atomic mass is 10.3. The van der Waals surface area contributed by atoms with Gasteiger partial charge >= 0.3 is 5.97 Å². The fourth-order valence-electron chi connectivity index (χ4n) is 0.628. The summed E-state index contributed by atoms with van der Waals surface area (Å²) in [7, 11) is 1.29. The fourth-order valence-corrected chi connectivity index (χ4v) is 0.628. The Morgan fingerprint density at radius 2 is 2.15 bits per heavy atom. The third-order valence-corrected chi connectivity index (χ3v) is 1.45. The molecule has 0 spiro atoms. The highest BCUT2D eigenvalue weighted by Crippen LogP contribution is 1.82. The van der Waals surface area contributed by atoms with E-state index in [1.54, 1.807) is 0 Å². The highest BCUT2D eigenvalue weighted by atomic mass is 16.5. The molecule has 0 saturated heterocycles. The zero-order valence-corrected chi connectivity index (χ0v) is 7.58. The van der Waals surface area contributed by atoms with Gasteiger partial charge in [-0.1, -0.05) is 0 Å². The molecule has 0 fully saturated rings. The molecule has 1 amide bonds. The summed E-state index contributed by atoms with van der Waals surface area (Å²) < 4.78 is 4.37. The van der Waals surface area contributed by atoms with E-state index < -0.39 is 6.04 Å². The number of nitrogens with two attached hydrogens (primary N) is 2. The standard InChI is InChI=1S/C7H15N3O3/c1-13-6(11)2-3-10-7(12)5(9)4-8/h5H,2-4,8-9H2,1H3,(H,10,12)/t5-/m0/s1. The van der Waals surface area contributed by atoms with Crippen LogP contribution in [-0.2, 0) is 14.3 Å². The molecule has 0 unspecified atom stereocenters. The van der Waals surface area contributed by atoms with Gasteiger partial charge in [-0.05, 0) is 0 Å². The van der Waals surface area contributed by atoms with Gasteiger partial charge in [-0.3, -0.25) is 9.59 Å². The molecule has 0 radical (unpaired) electrons.